The number of halogens is 1. The molecule has 4 nitrogen and oxygen atoms in total. The average molecular weight is 359 g/mol. The summed E-state index contributed by atoms with van der Waals surface area (Å²) in [4.78, 5) is 17.0. The zero-order chi connectivity index (χ0) is 18.2. The van der Waals surface area contributed by atoms with E-state index in [1.54, 1.807) is 24.3 Å². The lowest BCUT2D eigenvalue weighted by Crippen LogP contribution is -2.34. The molecule has 1 N–H and O–H groups in total. The van der Waals surface area contributed by atoms with Crippen molar-refractivity contribution >= 4 is 23.5 Å². The summed E-state index contributed by atoms with van der Waals surface area (Å²) in [6.07, 6.45) is 0. The van der Waals surface area contributed by atoms with Gasteiger partial charge in [0.15, 0.2) is 0 Å². The maximum atomic E-state index is 12.5. The Morgan fingerprint density at radius 1 is 1.08 bits per heavy atom. The van der Waals surface area contributed by atoms with Gasteiger partial charge in [-0.2, -0.15) is 0 Å². The standard InChI is InChI=1S/C20H23ClN2O2/c1-14(2)13-25-20(22-15(3)16-9-5-4-6-10-16)23-19(24)17-11-7-8-12-18(17)21/h4-12,14-15H,13H2,1-3H3,(H,22,23,24). The fourth-order valence-corrected chi connectivity index (χ4v) is 2.36. The largest absolute Gasteiger partial charge is 0.465 e. The molecule has 5 heteroatoms. The molecule has 1 unspecified atom stereocenters. The summed E-state index contributed by atoms with van der Waals surface area (Å²) in [5, 5.41) is 3.12. The number of carbonyl (C=O) groups is 1. The Morgan fingerprint density at radius 2 is 1.72 bits per heavy atom. The van der Waals surface area contributed by atoms with Crippen LogP contribution in [0.1, 0.15) is 42.7 Å². The lowest BCUT2D eigenvalue weighted by atomic mass is 10.1. The molecule has 0 radical (unpaired) electrons. The van der Waals surface area contributed by atoms with Crippen molar-refractivity contribution in [3.8, 4) is 0 Å². The van der Waals surface area contributed by atoms with E-state index in [0.29, 0.717) is 23.1 Å². The zero-order valence-corrected chi connectivity index (χ0v) is 15.5. The third kappa shape index (κ3) is 5.91. The van der Waals surface area contributed by atoms with Crippen molar-refractivity contribution in [2.45, 2.75) is 26.8 Å². The Balaban J connectivity index is 2.19. The number of nitrogens with zero attached hydrogens (tertiary/aromatic N) is 1. The number of amidine groups is 1. The molecule has 0 heterocycles. The van der Waals surface area contributed by atoms with Crippen LogP contribution >= 0.6 is 11.6 Å². The van der Waals surface area contributed by atoms with Gasteiger partial charge in [-0.05, 0) is 30.5 Å². The van der Waals surface area contributed by atoms with E-state index in [9.17, 15) is 4.79 Å². The van der Waals surface area contributed by atoms with Crippen molar-refractivity contribution in [1.29, 1.82) is 0 Å². The minimum Gasteiger partial charge on any atom is -0.465 e. The van der Waals surface area contributed by atoms with Crippen molar-refractivity contribution in [2.75, 3.05) is 6.61 Å². The van der Waals surface area contributed by atoms with E-state index < -0.39 is 0 Å². The van der Waals surface area contributed by atoms with Crippen molar-refractivity contribution < 1.29 is 9.53 Å². The van der Waals surface area contributed by atoms with E-state index in [1.165, 1.54) is 0 Å². The van der Waals surface area contributed by atoms with E-state index >= 15 is 0 Å². The Morgan fingerprint density at radius 3 is 2.36 bits per heavy atom. The first kappa shape index (κ1) is 19.0. The predicted molar refractivity (Wildman–Crippen MR) is 102 cm³/mol. The Bertz CT molecular complexity index is 729. The highest BCUT2D eigenvalue weighted by molar-refractivity contribution is 6.34. The van der Waals surface area contributed by atoms with Gasteiger partial charge in [-0.1, -0.05) is 67.9 Å². The third-order valence-corrected chi connectivity index (χ3v) is 3.81. The SMILES string of the molecule is CC(C)COC(=NC(C)c1ccccc1)NC(=O)c1ccccc1Cl. The summed E-state index contributed by atoms with van der Waals surface area (Å²) in [6, 6.07) is 16.8. The lowest BCUT2D eigenvalue weighted by molar-refractivity contribution is 0.0963. The van der Waals surface area contributed by atoms with Gasteiger partial charge in [-0.25, -0.2) is 4.99 Å². The molecule has 1 amide bonds. The number of hydrogen-bond donors (Lipinski definition) is 1. The molecule has 2 rings (SSSR count). The third-order valence-electron chi connectivity index (χ3n) is 3.49. The molecule has 0 saturated carbocycles. The molecule has 0 aliphatic heterocycles. The van der Waals surface area contributed by atoms with E-state index in [2.05, 4.69) is 10.3 Å². The second-order valence-corrected chi connectivity index (χ2v) is 6.57. The van der Waals surface area contributed by atoms with E-state index in [-0.39, 0.29) is 18.0 Å². The quantitative estimate of drug-likeness (QED) is 0.613. The highest BCUT2D eigenvalue weighted by Gasteiger charge is 2.15. The molecule has 1 atom stereocenters. The molecule has 25 heavy (non-hydrogen) atoms. The van der Waals surface area contributed by atoms with Crippen LogP contribution < -0.4 is 5.32 Å². The molecular formula is C20H23ClN2O2. The van der Waals surface area contributed by atoms with Gasteiger partial charge in [0, 0.05) is 0 Å². The van der Waals surface area contributed by atoms with Crippen molar-refractivity contribution in [1.82, 2.24) is 5.32 Å². The summed E-state index contributed by atoms with van der Waals surface area (Å²) >= 11 is 6.09. The minimum absolute atomic E-state index is 0.144. The number of carbonyl (C=O) groups excluding carboxylic acids is 1. The van der Waals surface area contributed by atoms with Gasteiger partial charge in [0.05, 0.1) is 23.2 Å². The fourth-order valence-electron chi connectivity index (χ4n) is 2.14. The first-order valence-electron chi connectivity index (χ1n) is 8.28. The van der Waals surface area contributed by atoms with Gasteiger partial charge in [-0.15, -0.1) is 0 Å². The molecule has 0 aromatic heterocycles. The highest BCUT2D eigenvalue weighted by Crippen LogP contribution is 2.17. The second kappa shape index (κ2) is 9.23. The summed E-state index contributed by atoms with van der Waals surface area (Å²) < 4.78 is 5.70. The highest BCUT2D eigenvalue weighted by atomic mass is 35.5. The number of hydrogen-bond acceptors (Lipinski definition) is 3. The topological polar surface area (TPSA) is 50.7 Å². The maximum absolute atomic E-state index is 12.5. The van der Waals surface area contributed by atoms with Gasteiger partial charge < -0.3 is 4.74 Å². The molecule has 0 spiro atoms. The molecule has 0 bridgehead atoms. The van der Waals surface area contributed by atoms with Gasteiger partial charge >= 0.3 is 0 Å². The van der Waals surface area contributed by atoms with Crippen molar-refractivity contribution in [3.05, 3.63) is 70.7 Å². The lowest BCUT2D eigenvalue weighted by Gasteiger charge is -2.15. The number of ether oxygens (including phenoxy) is 1. The fraction of sp³-hybridized carbons (Fsp3) is 0.300. The first-order chi connectivity index (χ1) is 12.0. The molecule has 0 aliphatic carbocycles. The number of amides is 1. The van der Waals surface area contributed by atoms with E-state index in [1.807, 2.05) is 51.1 Å². The number of rotatable bonds is 5. The van der Waals surface area contributed by atoms with Crippen LogP contribution in [0.2, 0.25) is 5.02 Å². The average Bonchev–Trinajstić information content (AvgIpc) is 2.60. The minimum atomic E-state index is -0.339. The second-order valence-electron chi connectivity index (χ2n) is 6.16. The van der Waals surface area contributed by atoms with Gasteiger partial charge in [0.25, 0.3) is 11.9 Å². The van der Waals surface area contributed by atoms with E-state index in [0.717, 1.165) is 5.56 Å². The van der Waals surface area contributed by atoms with Crippen LogP contribution in [0.15, 0.2) is 59.6 Å². The number of benzene rings is 2. The summed E-state index contributed by atoms with van der Waals surface area (Å²) in [6.45, 7) is 6.49. The van der Waals surface area contributed by atoms with Crippen LogP contribution in [0.5, 0.6) is 0 Å². The van der Waals surface area contributed by atoms with Crippen LogP contribution in [-0.2, 0) is 4.74 Å². The maximum Gasteiger partial charge on any atom is 0.292 e. The first-order valence-corrected chi connectivity index (χ1v) is 8.66. The van der Waals surface area contributed by atoms with Crippen LogP contribution in [-0.4, -0.2) is 18.5 Å². The normalized spacial score (nSPS) is 12.8. The van der Waals surface area contributed by atoms with Gasteiger partial charge in [-0.3, -0.25) is 10.1 Å². The monoisotopic (exact) mass is 358 g/mol. The van der Waals surface area contributed by atoms with Crippen LogP contribution in [0, 0.1) is 5.92 Å². The van der Waals surface area contributed by atoms with Crippen molar-refractivity contribution in [3.63, 3.8) is 0 Å². The molecule has 2 aromatic rings. The van der Waals surface area contributed by atoms with Crippen LogP contribution in [0.25, 0.3) is 0 Å². The van der Waals surface area contributed by atoms with Crippen LogP contribution in [0.4, 0.5) is 0 Å². The predicted octanol–water partition coefficient (Wildman–Crippen LogP) is 4.86. The Kier molecular flexibility index (Phi) is 7.02. The summed E-state index contributed by atoms with van der Waals surface area (Å²) in [5.74, 6) is -0.0252. The van der Waals surface area contributed by atoms with Gasteiger partial charge in [0.1, 0.15) is 0 Å². The molecule has 0 saturated heterocycles. The van der Waals surface area contributed by atoms with Gasteiger partial charge in [0.2, 0.25) is 0 Å². The number of aliphatic imine (C=N–C) groups is 1. The summed E-state index contributed by atoms with van der Waals surface area (Å²) in [5.41, 5.74) is 1.43. The van der Waals surface area contributed by atoms with Crippen molar-refractivity contribution in [2.24, 2.45) is 10.9 Å². The molecule has 2 aromatic carbocycles. The Hall–Kier alpha value is -2.33. The zero-order valence-electron chi connectivity index (χ0n) is 14.7. The van der Waals surface area contributed by atoms with E-state index in [4.69, 9.17) is 16.3 Å². The molecule has 0 aliphatic rings. The van der Waals surface area contributed by atoms with Crippen LogP contribution in [0.3, 0.4) is 0 Å². The number of nitrogens with one attached hydrogen (secondary N) is 1. The molecular weight excluding hydrogens is 336 g/mol. The smallest absolute Gasteiger partial charge is 0.292 e. The summed E-state index contributed by atoms with van der Waals surface area (Å²) in [7, 11) is 0. The molecule has 132 valence electrons. The molecule has 0 fully saturated rings. The Labute approximate surface area is 153 Å².